The summed E-state index contributed by atoms with van der Waals surface area (Å²) < 4.78 is 1.52. The van der Waals surface area contributed by atoms with Crippen LogP contribution < -0.4 is 5.32 Å². The molecule has 0 radical (unpaired) electrons. The van der Waals surface area contributed by atoms with Crippen LogP contribution in [0.3, 0.4) is 0 Å². The number of carbonyl (C=O) groups is 1. The first-order valence-corrected chi connectivity index (χ1v) is 8.21. The van der Waals surface area contributed by atoms with Gasteiger partial charge in [0.05, 0.1) is 10.0 Å². The number of hydrogen-bond donors (Lipinski definition) is 1. The zero-order valence-corrected chi connectivity index (χ0v) is 14.2. The highest BCUT2D eigenvalue weighted by Crippen LogP contribution is 2.28. The van der Waals surface area contributed by atoms with Crippen LogP contribution in [0.5, 0.6) is 0 Å². The van der Waals surface area contributed by atoms with Gasteiger partial charge in [0, 0.05) is 19.6 Å². The van der Waals surface area contributed by atoms with Crippen LogP contribution in [0.1, 0.15) is 22.9 Å². The molecule has 0 bridgehead atoms. The number of amides is 1. The van der Waals surface area contributed by atoms with Crippen LogP contribution in [0.4, 0.5) is 0 Å². The van der Waals surface area contributed by atoms with Gasteiger partial charge < -0.3 is 10.2 Å². The fourth-order valence-electron chi connectivity index (χ4n) is 2.57. The predicted molar refractivity (Wildman–Crippen MR) is 89.5 cm³/mol. The number of nitrogens with one attached hydrogen (secondary N) is 1. The molecule has 0 atom stereocenters. The normalized spacial score (nSPS) is 15.5. The number of halogens is 2. The van der Waals surface area contributed by atoms with E-state index in [0.717, 1.165) is 19.5 Å². The standard InChI is InChI=1S/C15H17Cl2N5O/c1-10-19-14(15(23)21-8-3-6-18-7-9-21)20-22(10)13-11(16)4-2-5-12(13)17/h2,4-5,18H,3,6-9H2,1H3. The summed E-state index contributed by atoms with van der Waals surface area (Å²) in [7, 11) is 0. The van der Waals surface area contributed by atoms with E-state index in [1.165, 1.54) is 4.68 Å². The van der Waals surface area contributed by atoms with Crippen molar-refractivity contribution in [2.24, 2.45) is 0 Å². The maximum Gasteiger partial charge on any atom is 0.293 e. The van der Waals surface area contributed by atoms with Crippen LogP contribution in [0.15, 0.2) is 18.2 Å². The lowest BCUT2D eigenvalue weighted by atomic mass is 10.3. The maximum absolute atomic E-state index is 12.6. The van der Waals surface area contributed by atoms with E-state index in [0.29, 0.717) is 34.6 Å². The Balaban J connectivity index is 1.93. The van der Waals surface area contributed by atoms with Crippen molar-refractivity contribution < 1.29 is 4.79 Å². The molecule has 23 heavy (non-hydrogen) atoms. The number of rotatable bonds is 2. The summed E-state index contributed by atoms with van der Waals surface area (Å²) in [5.41, 5.74) is 0.539. The molecule has 3 rings (SSSR count). The molecule has 1 aromatic carbocycles. The molecular weight excluding hydrogens is 337 g/mol. The minimum Gasteiger partial charge on any atom is -0.335 e. The topological polar surface area (TPSA) is 63.1 Å². The maximum atomic E-state index is 12.6. The van der Waals surface area contributed by atoms with Crippen molar-refractivity contribution >= 4 is 29.1 Å². The van der Waals surface area contributed by atoms with Crippen LogP contribution in [-0.2, 0) is 0 Å². The Morgan fingerprint density at radius 1 is 1.22 bits per heavy atom. The fourth-order valence-corrected chi connectivity index (χ4v) is 3.13. The van der Waals surface area contributed by atoms with Gasteiger partial charge in [0.2, 0.25) is 5.82 Å². The molecule has 1 saturated heterocycles. The van der Waals surface area contributed by atoms with E-state index >= 15 is 0 Å². The summed E-state index contributed by atoms with van der Waals surface area (Å²) in [6, 6.07) is 5.22. The van der Waals surface area contributed by atoms with Crippen molar-refractivity contribution in [3.05, 3.63) is 39.9 Å². The van der Waals surface area contributed by atoms with Gasteiger partial charge in [-0.25, -0.2) is 9.67 Å². The van der Waals surface area contributed by atoms with Gasteiger partial charge in [-0.2, -0.15) is 0 Å². The Hall–Kier alpha value is -1.63. The average molecular weight is 354 g/mol. The molecule has 1 aromatic heterocycles. The summed E-state index contributed by atoms with van der Waals surface area (Å²) in [5.74, 6) is 0.565. The van der Waals surface area contributed by atoms with Gasteiger partial charge in [-0.1, -0.05) is 29.3 Å². The zero-order valence-electron chi connectivity index (χ0n) is 12.7. The second kappa shape index (κ2) is 6.86. The Morgan fingerprint density at radius 3 is 2.70 bits per heavy atom. The first-order chi connectivity index (χ1) is 11.1. The summed E-state index contributed by atoms with van der Waals surface area (Å²) in [6.45, 7) is 4.82. The fraction of sp³-hybridized carbons (Fsp3) is 0.400. The molecule has 0 spiro atoms. The van der Waals surface area contributed by atoms with E-state index in [2.05, 4.69) is 15.4 Å². The van der Waals surface area contributed by atoms with Crippen LogP contribution in [0, 0.1) is 6.92 Å². The number of nitrogens with zero attached hydrogens (tertiary/aromatic N) is 4. The molecule has 1 amide bonds. The van der Waals surface area contributed by atoms with Crippen LogP contribution in [-0.4, -0.2) is 51.8 Å². The van der Waals surface area contributed by atoms with Gasteiger partial charge in [-0.3, -0.25) is 4.79 Å². The monoisotopic (exact) mass is 353 g/mol. The number of aromatic nitrogens is 3. The molecule has 8 heteroatoms. The molecule has 1 fully saturated rings. The van der Waals surface area contributed by atoms with Crippen LogP contribution in [0.25, 0.3) is 5.69 Å². The Morgan fingerprint density at radius 2 is 1.96 bits per heavy atom. The highest BCUT2D eigenvalue weighted by molar-refractivity contribution is 6.37. The van der Waals surface area contributed by atoms with E-state index in [9.17, 15) is 4.79 Å². The molecule has 1 N–H and O–H groups in total. The van der Waals surface area contributed by atoms with Gasteiger partial charge in [-0.05, 0) is 32.0 Å². The van der Waals surface area contributed by atoms with E-state index in [-0.39, 0.29) is 11.7 Å². The molecule has 1 aliphatic rings. The zero-order chi connectivity index (χ0) is 16.4. The largest absolute Gasteiger partial charge is 0.335 e. The van der Waals surface area contributed by atoms with Gasteiger partial charge >= 0.3 is 0 Å². The highest BCUT2D eigenvalue weighted by Gasteiger charge is 2.23. The van der Waals surface area contributed by atoms with Crippen molar-refractivity contribution in [3.8, 4) is 5.69 Å². The third kappa shape index (κ3) is 3.34. The predicted octanol–water partition coefficient (Wildman–Crippen LogP) is 2.32. The van der Waals surface area contributed by atoms with E-state index in [4.69, 9.17) is 23.2 Å². The minimum atomic E-state index is -0.168. The lowest BCUT2D eigenvalue weighted by Gasteiger charge is -2.17. The summed E-state index contributed by atoms with van der Waals surface area (Å²) in [5, 5.41) is 8.52. The second-order valence-corrected chi connectivity index (χ2v) is 6.17. The molecule has 0 aliphatic carbocycles. The average Bonchev–Trinajstić information content (AvgIpc) is 2.75. The SMILES string of the molecule is Cc1nc(C(=O)N2CCCNCC2)nn1-c1c(Cl)cccc1Cl. The highest BCUT2D eigenvalue weighted by atomic mass is 35.5. The number of carbonyl (C=O) groups excluding carboxylic acids is 1. The van der Waals surface area contributed by atoms with Crippen LogP contribution in [0.2, 0.25) is 10.0 Å². The molecule has 0 saturated carbocycles. The summed E-state index contributed by atoms with van der Waals surface area (Å²) in [4.78, 5) is 18.7. The van der Waals surface area contributed by atoms with Crippen molar-refractivity contribution in [2.45, 2.75) is 13.3 Å². The van der Waals surface area contributed by atoms with Gasteiger partial charge in [-0.15, -0.1) is 5.10 Å². The van der Waals surface area contributed by atoms with E-state index in [1.807, 2.05) is 0 Å². The molecule has 2 aromatic rings. The summed E-state index contributed by atoms with van der Waals surface area (Å²) >= 11 is 12.4. The number of para-hydroxylation sites is 1. The molecular formula is C15H17Cl2N5O. The van der Waals surface area contributed by atoms with Crippen molar-refractivity contribution in [1.29, 1.82) is 0 Å². The molecule has 1 aliphatic heterocycles. The van der Waals surface area contributed by atoms with Crippen molar-refractivity contribution in [2.75, 3.05) is 26.2 Å². The number of aryl methyl sites for hydroxylation is 1. The number of benzene rings is 1. The Kier molecular flexibility index (Phi) is 4.84. The quantitative estimate of drug-likeness (QED) is 0.899. The van der Waals surface area contributed by atoms with Crippen molar-refractivity contribution in [1.82, 2.24) is 25.0 Å². The molecule has 6 nitrogen and oxygen atoms in total. The smallest absolute Gasteiger partial charge is 0.293 e. The van der Waals surface area contributed by atoms with Crippen molar-refractivity contribution in [3.63, 3.8) is 0 Å². The van der Waals surface area contributed by atoms with Gasteiger partial charge in [0.25, 0.3) is 5.91 Å². The Labute approximate surface area is 144 Å². The summed E-state index contributed by atoms with van der Waals surface area (Å²) in [6.07, 6.45) is 0.918. The molecule has 0 unspecified atom stereocenters. The van der Waals surface area contributed by atoms with Gasteiger partial charge in [0.1, 0.15) is 11.5 Å². The molecule has 2 heterocycles. The Bertz CT molecular complexity index is 702. The first kappa shape index (κ1) is 16.2. The van der Waals surface area contributed by atoms with E-state index < -0.39 is 0 Å². The molecule has 122 valence electrons. The van der Waals surface area contributed by atoms with Crippen LogP contribution >= 0.6 is 23.2 Å². The third-order valence-corrected chi connectivity index (χ3v) is 4.35. The minimum absolute atomic E-state index is 0.167. The third-order valence-electron chi connectivity index (χ3n) is 3.74. The number of hydrogen-bond acceptors (Lipinski definition) is 4. The van der Waals surface area contributed by atoms with E-state index in [1.54, 1.807) is 30.0 Å². The lowest BCUT2D eigenvalue weighted by molar-refractivity contribution is 0.0754. The lowest BCUT2D eigenvalue weighted by Crippen LogP contribution is -2.34. The second-order valence-electron chi connectivity index (χ2n) is 5.36. The van der Waals surface area contributed by atoms with Gasteiger partial charge in [0.15, 0.2) is 0 Å². The first-order valence-electron chi connectivity index (χ1n) is 7.46.